The van der Waals surface area contributed by atoms with Crippen LogP contribution in [0, 0.1) is 5.41 Å². The molecule has 0 heterocycles. The highest BCUT2D eigenvalue weighted by atomic mass is 19.4. The second kappa shape index (κ2) is 5.44. The topological polar surface area (TPSA) is 50.4 Å². The van der Waals surface area contributed by atoms with Crippen LogP contribution in [0.3, 0.4) is 0 Å². The zero-order valence-corrected chi connectivity index (χ0v) is 10.7. The molecule has 2 N–H and O–H groups in total. The van der Waals surface area contributed by atoms with Crippen molar-refractivity contribution in [2.24, 2.45) is 5.41 Å². The third kappa shape index (κ3) is 3.84. The average molecular weight is 268 g/mol. The lowest BCUT2D eigenvalue weighted by atomic mass is 9.64. The fourth-order valence-electron chi connectivity index (χ4n) is 2.09. The number of halogens is 3. The van der Waals surface area contributed by atoms with E-state index in [0.717, 1.165) is 0 Å². The maximum atomic E-state index is 11.9. The molecule has 2 atom stereocenters. The van der Waals surface area contributed by atoms with Crippen LogP contribution in [-0.2, 0) is 9.53 Å². The summed E-state index contributed by atoms with van der Waals surface area (Å²) >= 11 is 0. The zero-order chi connectivity index (χ0) is 14.0. The van der Waals surface area contributed by atoms with Gasteiger partial charge in [0.15, 0.2) is 0 Å². The first-order valence-electron chi connectivity index (χ1n) is 5.76. The monoisotopic (exact) mass is 268 g/mol. The lowest BCUT2D eigenvalue weighted by molar-refractivity contribution is -0.134. The molecule has 1 saturated carbocycles. The van der Waals surface area contributed by atoms with E-state index in [4.69, 9.17) is 4.74 Å². The molecule has 2 unspecified atom stereocenters. The molecule has 106 valence electrons. The van der Waals surface area contributed by atoms with Gasteiger partial charge in [-0.25, -0.2) is 0 Å². The Bertz CT molecular complexity index is 305. The van der Waals surface area contributed by atoms with Gasteiger partial charge in [-0.3, -0.25) is 4.79 Å². The van der Waals surface area contributed by atoms with E-state index in [2.05, 4.69) is 10.6 Å². The van der Waals surface area contributed by atoms with E-state index in [9.17, 15) is 18.0 Å². The number of ether oxygens (including phenoxy) is 1. The highest BCUT2D eigenvalue weighted by molar-refractivity contribution is 5.78. The van der Waals surface area contributed by atoms with Gasteiger partial charge in [0.25, 0.3) is 0 Å². The summed E-state index contributed by atoms with van der Waals surface area (Å²) in [7, 11) is 1.61. The highest BCUT2D eigenvalue weighted by Gasteiger charge is 2.49. The second-order valence-electron chi connectivity index (χ2n) is 5.12. The Kier molecular flexibility index (Phi) is 4.61. The van der Waals surface area contributed by atoms with E-state index in [1.165, 1.54) is 0 Å². The van der Waals surface area contributed by atoms with Crippen LogP contribution in [0.2, 0.25) is 0 Å². The van der Waals surface area contributed by atoms with Gasteiger partial charge < -0.3 is 15.4 Å². The summed E-state index contributed by atoms with van der Waals surface area (Å²) in [5, 5.41) is 4.77. The Morgan fingerprint density at radius 2 is 2.06 bits per heavy atom. The van der Waals surface area contributed by atoms with Gasteiger partial charge in [0.05, 0.1) is 19.2 Å². The van der Waals surface area contributed by atoms with Crippen LogP contribution in [0.4, 0.5) is 13.2 Å². The van der Waals surface area contributed by atoms with Crippen LogP contribution in [-0.4, -0.2) is 44.4 Å². The summed E-state index contributed by atoms with van der Waals surface area (Å²) < 4.78 is 40.8. The quantitative estimate of drug-likeness (QED) is 0.784. The van der Waals surface area contributed by atoms with E-state index >= 15 is 0 Å². The standard InChI is InChI=1S/C11H19F3N2O2/c1-10(2)7(4-8(10)18-3)16-9(17)5-15-6-11(12,13)14/h7-8,15H,4-6H2,1-3H3,(H,16,17). The summed E-state index contributed by atoms with van der Waals surface area (Å²) in [4.78, 5) is 11.4. The van der Waals surface area contributed by atoms with Crippen molar-refractivity contribution in [1.29, 1.82) is 0 Å². The Balaban J connectivity index is 2.26. The van der Waals surface area contributed by atoms with Crippen molar-refractivity contribution in [3.8, 4) is 0 Å². The number of amides is 1. The van der Waals surface area contributed by atoms with Gasteiger partial charge in [-0.1, -0.05) is 13.8 Å². The van der Waals surface area contributed by atoms with Gasteiger partial charge in [0.2, 0.25) is 5.91 Å². The van der Waals surface area contributed by atoms with Gasteiger partial charge in [0, 0.05) is 18.6 Å². The lowest BCUT2D eigenvalue weighted by Crippen LogP contribution is -2.62. The zero-order valence-electron chi connectivity index (χ0n) is 10.7. The third-order valence-corrected chi connectivity index (χ3v) is 3.41. The van der Waals surface area contributed by atoms with Gasteiger partial charge in [-0.05, 0) is 6.42 Å². The highest BCUT2D eigenvalue weighted by Crippen LogP contribution is 2.42. The first-order valence-corrected chi connectivity index (χ1v) is 5.76. The van der Waals surface area contributed by atoms with Crippen molar-refractivity contribution in [2.45, 2.75) is 38.6 Å². The molecule has 0 aromatic heterocycles. The Morgan fingerprint density at radius 3 is 2.50 bits per heavy atom. The van der Waals surface area contributed by atoms with Crippen LogP contribution in [0.15, 0.2) is 0 Å². The number of carbonyl (C=O) groups excluding carboxylic acids is 1. The minimum absolute atomic E-state index is 0.0531. The number of hydrogen-bond acceptors (Lipinski definition) is 3. The molecule has 0 saturated heterocycles. The Labute approximate surface area is 104 Å². The summed E-state index contributed by atoms with van der Waals surface area (Å²) in [5.74, 6) is -0.424. The number of hydrogen-bond donors (Lipinski definition) is 2. The first kappa shape index (κ1) is 15.2. The maximum Gasteiger partial charge on any atom is 0.401 e. The molecule has 1 aliphatic carbocycles. The summed E-state index contributed by atoms with van der Waals surface area (Å²) in [6.07, 6.45) is -3.53. The number of methoxy groups -OCH3 is 1. The molecule has 1 aliphatic rings. The predicted octanol–water partition coefficient (Wildman–Crippen LogP) is 1.07. The van der Waals surface area contributed by atoms with Crippen molar-refractivity contribution in [1.82, 2.24) is 10.6 Å². The normalized spacial score (nSPS) is 26.6. The molecule has 18 heavy (non-hydrogen) atoms. The number of carbonyl (C=O) groups is 1. The predicted molar refractivity (Wildman–Crippen MR) is 60.1 cm³/mol. The Hall–Kier alpha value is -0.820. The van der Waals surface area contributed by atoms with Crippen molar-refractivity contribution in [3.05, 3.63) is 0 Å². The van der Waals surface area contributed by atoms with E-state index < -0.39 is 18.6 Å². The molecule has 0 bridgehead atoms. The second-order valence-corrected chi connectivity index (χ2v) is 5.12. The SMILES string of the molecule is COC1CC(NC(=O)CNCC(F)(F)F)C1(C)C. The van der Waals surface area contributed by atoms with Gasteiger partial charge >= 0.3 is 6.18 Å². The molecule has 0 radical (unpaired) electrons. The molecule has 7 heteroatoms. The summed E-state index contributed by atoms with van der Waals surface area (Å²) in [6, 6.07) is -0.0531. The molecule has 0 aliphatic heterocycles. The Morgan fingerprint density at radius 1 is 1.44 bits per heavy atom. The van der Waals surface area contributed by atoms with Crippen molar-refractivity contribution in [2.75, 3.05) is 20.2 Å². The molecule has 1 rings (SSSR count). The molecular formula is C11H19F3N2O2. The molecular weight excluding hydrogens is 249 g/mol. The van der Waals surface area contributed by atoms with Gasteiger partial charge in [-0.15, -0.1) is 0 Å². The van der Waals surface area contributed by atoms with E-state index in [1.54, 1.807) is 7.11 Å². The van der Waals surface area contributed by atoms with E-state index in [1.807, 2.05) is 13.8 Å². The lowest BCUT2D eigenvalue weighted by Gasteiger charge is -2.51. The van der Waals surface area contributed by atoms with Crippen LogP contribution in [0.5, 0.6) is 0 Å². The van der Waals surface area contributed by atoms with Crippen molar-refractivity contribution in [3.63, 3.8) is 0 Å². The summed E-state index contributed by atoms with van der Waals surface area (Å²) in [6.45, 7) is 2.43. The number of alkyl halides is 3. The summed E-state index contributed by atoms with van der Waals surface area (Å²) in [5.41, 5.74) is -0.186. The van der Waals surface area contributed by atoms with Gasteiger partial charge in [0.1, 0.15) is 0 Å². The van der Waals surface area contributed by atoms with Crippen LogP contribution < -0.4 is 10.6 Å². The fourth-order valence-corrected chi connectivity index (χ4v) is 2.09. The third-order valence-electron chi connectivity index (χ3n) is 3.41. The minimum Gasteiger partial charge on any atom is -0.381 e. The number of nitrogens with one attached hydrogen (secondary N) is 2. The molecule has 0 spiro atoms. The van der Waals surface area contributed by atoms with Crippen molar-refractivity contribution >= 4 is 5.91 Å². The van der Waals surface area contributed by atoms with E-state index in [0.29, 0.717) is 6.42 Å². The smallest absolute Gasteiger partial charge is 0.381 e. The number of rotatable bonds is 5. The van der Waals surface area contributed by atoms with Crippen molar-refractivity contribution < 1.29 is 22.7 Å². The van der Waals surface area contributed by atoms with Gasteiger partial charge in [-0.2, -0.15) is 13.2 Å². The van der Waals surface area contributed by atoms with Crippen LogP contribution in [0.1, 0.15) is 20.3 Å². The molecule has 1 amide bonds. The fraction of sp³-hybridized carbons (Fsp3) is 0.909. The van der Waals surface area contributed by atoms with E-state index in [-0.39, 0.29) is 24.1 Å². The molecule has 4 nitrogen and oxygen atoms in total. The van der Waals surface area contributed by atoms with Crippen LogP contribution >= 0.6 is 0 Å². The molecule has 0 aromatic rings. The molecule has 0 aromatic carbocycles. The molecule has 1 fully saturated rings. The largest absolute Gasteiger partial charge is 0.401 e. The van der Waals surface area contributed by atoms with Crippen LogP contribution in [0.25, 0.3) is 0 Å². The average Bonchev–Trinajstić information content (AvgIpc) is 2.21. The maximum absolute atomic E-state index is 11.9. The first-order chi connectivity index (χ1) is 8.16. The minimum atomic E-state index is -4.29.